The molecule has 1 heterocycles. The van der Waals surface area contributed by atoms with Gasteiger partial charge in [-0.25, -0.2) is 0 Å². The molecule has 3 rings (SSSR count). The minimum absolute atomic E-state index is 0.0791. The van der Waals surface area contributed by atoms with Crippen LogP contribution in [0.5, 0.6) is 0 Å². The van der Waals surface area contributed by atoms with E-state index in [9.17, 15) is 22.8 Å². The largest absolute Gasteiger partial charge is 0.405 e. The zero-order valence-electron chi connectivity index (χ0n) is 14.9. The van der Waals surface area contributed by atoms with Gasteiger partial charge in [0.2, 0.25) is 5.91 Å². The number of hydrogen-bond acceptors (Lipinski definition) is 3. The molecule has 1 aliphatic rings. The van der Waals surface area contributed by atoms with E-state index >= 15 is 0 Å². The zero-order chi connectivity index (χ0) is 20.3. The highest BCUT2D eigenvalue weighted by Gasteiger charge is 2.35. The van der Waals surface area contributed by atoms with Crippen molar-refractivity contribution in [3.05, 3.63) is 66.7 Å². The number of alkyl halides is 3. The third kappa shape index (κ3) is 4.33. The summed E-state index contributed by atoms with van der Waals surface area (Å²) in [4.78, 5) is 27.0. The van der Waals surface area contributed by atoms with Crippen molar-refractivity contribution in [1.82, 2.24) is 0 Å². The number of amides is 2. The predicted octanol–water partition coefficient (Wildman–Crippen LogP) is 3.84. The lowest BCUT2D eigenvalue weighted by Gasteiger charge is -2.38. The van der Waals surface area contributed by atoms with Crippen LogP contribution in [0.15, 0.2) is 61.2 Å². The number of halogens is 3. The highest BCUT2D eigenvalue weighted by molar-refractivity contribution is 6.08. The molecule has 8 heteroatoms. The Morgan fingerprint density at radius 1 is 1.04 bits per heavy atom. The molecule has 2 aromatic carbocycles. The zero-order valence-corrected chi connectivity index (χ0v) is 14.9. The summed E-state index contributed by atoms with van der Waals surface area (Å²) >= 11 is 0. The number of hydrogen-bond donors (Lipinski definition) is 1. The normalized spacial score (nSPS) is 13.7. The Kier molecular flexibility index (Phi) is 5.39. The summed E-state index contributed by atoms with van der Waals surface area (Å²) < 4.78 is 38.6. The molecule has 0 radical (unpaired) electrons. The van der Waals surface area contributed by atoms with Crippen molar-refractivity contribution in [3.63, 3.8) is 0 Å². The van der Waals surface area contributed by atoms with Crippen LogP contribution in [0.3, 0.4) is 0 Å². The van der Waals surface area contributed by atoms with E-state index < -0.39 is 12.7 Å². The van der Waals surface area contributed by atoms with Crippen LogP contribution in [0.2, 0.25) is 0 Å². The first-order valence-corrected chi connectivity index (χ1v) is 8.54. The standard InChI is InChI=1S/C20H18F3N3O2/c1-2-18(27)24-15-9-7-14(8-10-15)19(28)26-12-11-25(13-20(21,22)23)16-5-3-4-6-17(16)26/h2-10H,1,11-13H2,(H,24,27). The van der Waals surface area contributed by atoms with E-state index in [-0.39, 0.29) is 24.9 Å². The summed E-state index contributed by atoms with van der Waals surface area (Å²) in [5.74, 6) is -0.686. The molecule has 1 N–H and O–H groups in total. The number of benzene rings is 2. The molecule has 146 valence electrons. The molecule has 0 saturated heterocycles. The molecule has 0 atom stereocenters. The van der Waals surface area contributed by atoms with E-state index in [4.69, 9.17) is 0 Å². The average molecular weight is 389 g/mol. The molecule has 28 heavy (non-hydrogen) atoms. The van der Waals surface area contributed by atoms with Crippen LogP contribution >= 0.6 is 0 Å². The minimum atomic E-state index is -4.33. The van der Waals surface area contributed by atoms with Gasteiger partial charge in [0.15, 0.2) is 0 Å². The Labute approximate surface area is 160 Å². The summed E-state index contributed by atoms with van der Waals surface area (Å²) in [6.07, 6.45) is -3.19. The average Bonchev–Trinajstić information content (AvgIpc) is 2.67. The molecule has 0 aromatic heterocycles. The molecule has 0 spiro atoms. The van der Waals surface area contributed by atoms with Gasteiger partial charge in [0, 0.05) is 24.3 Å². The van der Waals surface area contributed by atoms with Crippen molar-refractivity contribution < 1.29 is 22.8 Å². The van der Waals surface area contributed by atoms with Gasteiger partial charge < -0.3 is 15.1 Å². The molecule has 0 unspecified atom stereocenters. The number of nitrogens with one attached hydrogen (secondary N) is 1. The van der Waals surface area contributed by atoms with E-state index in [0.29, 0.717) is 22.6 Å². The number of fused-ring (bicyclic) bond motifs is 1. The second kappa shape index (κ2) is 7.75. The SMILES string of the molecule is C=CC(=O)Nc1ccc(C(=O)N2CCN(CC(F)(F)F)c3ccccc32)cc1. The van der Waals surface area contributed by atoms with E-state index in [1.165, 1.54) is 9.80 Å². The molecule has 0 bridgehead atoms. The van der Waals surface area contributed by atoms with Crippen LogP contribution < -0.4 is 15.1 Å². The molecule has 2 amide bonds. The quantitative estimate of drug-likeness (QED) is 0.809. The molecule has 5 nitrogen and oxygen atoms in total. The van der Waals surface area contributed by atoms with Gasteiger partial charge in [0.25, 0.3) is 5.91 Å². The maximum atomic E-state index is 12.9. The van der Waals surface area contributed by atoms with E-state index in [0.717, 1.165) is 6.08 Å². The van der Waals surface area contributed by atoms with Gasteiger partial charge in [-0.05, 0) is 42.5 Å². The van der Waals surface area contributed by atoms with Gasteiger partial charge in [0.1, 0.15) is 6.54 Å². The van der Waals surface area contributed by atoms with Gasteiger partial charge in [-0.3, -0.25) is 9.59 Å². The van der Waals surface area contributed by atoms with Gasteiger partial charge in [-0.15, -0.1) is 0 Å². The maximum absolute atomic E-state index is 12.9. The number of para-hydroxylation sites is 2. The fourth-order valence-corrected chi connectivity index (χ4v) is 3.06. The molecular formula is C20H18F3N3O2. The third-order valence-corrected chi connectivity index (χ3v) is 4.31. The van der Waals surface area contributed by atoms with Crippen molar-refractivity contribution >= 4 is 28.9 Å². The fourth-order valence-electron chi connectivity index (χ4n) is 3.06. The van der Waals surface area contributed by atoms with Crippen molar-refractivity contribution in [2.24, 2.45) is 0 Å². The Bertz CT molecular complexity index is 894. The molecule has 0 saturated carbocycles. The first-order chi connectivity index (χ1) is 13.3. The van der Waals surface area contributed by atoms with Crippen LogP contribution in [0, 0.1) is 0 Å². The van der Waals surface area contributed by atoms with Crippen LogP contribution in [-0.2, 0) is 4.79 Å². The number of carbonyl (C=O) groups is 2. The summed E-state index contributed by atoms with van der Waals surface area (Å²) in [5.41, 5.74) is 1.69. The number of anilines is 3. The number of nitrogens with zero attached hydrogens (tertiary/aromatic N) is 2. The topological polar surface area (TPSA) is 52.7 Å². The molecule has 2 aromatic rings. The fraction of sp³-hybridized carbons (Fsp3) is 0.200. The van der Waals surface area contributed by atoms with Crippen LogP contribution in [0.4, 0.5) is 30.2 Å². The van der Waals surface area contributed by atoms with Crippen molar-refractivity contribution in [1.29, 1.82) is 0 Å². The van der Waals surface area contributed by atoms with Crippen LogP contribution in [-0.4, -0.2) is 37.6 Å². The number of carbonyl (C=O) groups excluding carboxylic acids is 2. The van der Waals surface area contributed by atoms with Gasteiger partial charge >= 0.3 is 6.18 Å². The third-order valence-electron chi connectivity index (χ3n) is 4.31. The highest BCUT2D eigenvalue weighted by atomic mass is 19.4. The highest BCUT2D eigenvalue weighted by Crippen LogP contribution is 2.35. The second-order valence-corrected chi connectivity index (χ2v) is 6.25. The lowest BCUT2D eigenvalue weighted by molar-refractivity contribution is -0.119. The van der Waals surface area contributed by atoms with Crippen molar-refractivity contribution in [2.45, 2.75) is 6.18 Å². The summed E-state index contributed by atoms with van der Waals surface area (Å²) in [6, 6.07) is 12.8. The lowest BCUT2D eigenvalue weighted by Crippen LogP contribution is -2.47. The smallest absolute Gasteiger partial charge is 0.359 e. The molecular weight excluding hydrogens is 371 g/mol. The van der Waals surface area contributed by atoms with Crippen LogP contribution in [0.25, 0.3) is 0 Å². The Hall–Kier alpha value is -3.29. The van der Waals surface area contributed by atoms with Gasteiger partial charge in [-0.2, -0.15) is 13.2 Å². The predicted molar refractivity (Wildman–Crippen MR) is 102 cm³/mol. The first kappa shape index (κ1) is 19.5. The molecule has 0 aliphatic carbocycles. The van der Waals surface area contributed by atoms with Crippen LogP contribution in [0.1, 0.15) is 10.4 Å². The minimum Gasteiger partial charge on any atom is -0.359 e. The molecule has 1 aliphatic heterocycles. The summed E-state index contributed by atoms with van der Waals surface area (Å²) in [5, 5.41) is 2.59. The first-order valence-electron chi connectivity index (χ1n) is 8.54. The van der Waals surface area contributed by atoms with Gasteiger partial charge in [0.05, 0.1) is 11.4 Å². The summed E-state index contributed by atoms with van der Waals surface area (Å²) in [7, 11) is 0. The maximum Gasteiger partial charge on any atom is 0.405 e. The Balaban J connectivity index is 1.83. The summed E-state index contributed by atoms with van der Waals surface area (Å²) in [6.45, 7) is 2.52. The van der Waals surface area contributed by atoms with Gasteiger partial charge in [-0.1, -0.05) is 18.7 Å². The molecule has 0 fully saturated rings. The number of rotatable bonds is 4. The van der Waals surface area contributed by atoms with Crippen molar-refractivity contribution in [3.8, 4) is 0 Å². The van der Waals surface area contributed by atoms with E-state index in [1.54, 1.807) is 48.5 Å². The van der Waals surface area contributed by atoms with E-state index in [1.807, 2.05) is 0 Å². The second-order valence-electron chi connectivity index (χ2n) is 6.25. The lowest BCUT2D eigenvalue weighted by atomic mass is 10.1. The van der Waals surface area contributed by atoms with Crippen molar-refractivity contribution in [2.75, 3.05) is 34.8 Å². The monoisotopic (exact) mass is 389 g/mol. The Morgan fingerprint density at radius 3 is 2.29 bits per heavy atom. The van der Waals surface area contributed by atoms with E-state index in [2.05, 4.69) is 11.9 Å². The Morgan fingerprint density at radius 2 is 1.68 bits per heavy atom.